The van der Waals surface area contributed by atoms with E-state index in [2.05, 4.69) is 50.3 Å². The van der Waals surface area contributed by atoms with Crippen molar-refractivity contribution < 1.29 is 4.79 Å². The molecule has 1 amide bonds. The van der Waals surface area contributed by atoms with Crippen LogP contribution in [0.5, 0.6) is 0 Å². The third kappa shape index (κ3) is 4.64. The van der Waals surface area contributed by atoms with Crippen LogP contribution in [0.1, 0.15) is 33.3 Å². The molecule has 2 rings (SSSR count). The summed E-state index contributed by atoms with van der Waals surface area (Å²) in [6.45, 7) is 10.2. The number of guanidine groups is 1. The minimum absolute atomic E-state index is 0. The summed E-state index contributed by atoms with van der Waals surface area (Å²) in [6.07, 6.45) is 4.10. The smallest absolute Gasteiger partial charge is 0.242 e. The zero-order valence-corrected chi connectivity index (χ0v) is 17.9. The van der Waals surface area contributed by atoms with Gasteiger partial charge >= 0.3 is 0 Å². The average molecular weight is 447 g/mol. The summed E-state index contributed by atoms with van der Waals surface area (Å²) in [6, 6.07) is 2.28. The molecule has 0 aromatic carbocycles. The average Bonchev–Trinajstić information content (AvgIpc) is 2.82. The SMILES string of the molecule is CN=C(NCc1ccn(C)c1)N1CC(=O)N(C(C)C)C(C)(C)C1.I. The van der Waals surface area contributed by atoms with Gasteiger partial charge in [-0.25, -0.2) is 0 Å². The first kappa shape index (κ1) is 20.8. The molecule has 1 aromatic rings. The van der Waals surface area contributed by atoms with Crippen molar-refractivity contribution in [2.24, 2.45) is 12.0 Å². The second kappa shape index (κ2) is 8.22. The van der Waals surface area contributed by atoms with Gasteiger partial charge in [0.1, 0.15) is 0 Å². The molecule has 0 radical (unpaired) electrons. The van der Waals surface area contributed by atoms with Gasteiger partial charge in [-0.3, -0.25) is 9.79 Å². The van der Waals surface area contributed by atoms with Crippen LogP contribution in [-0.2, 0) is 18.4 Å². The Kier molecular flexibility index (Phi) is 7.12. The van der Waals surface area contributed by atoms with Crippen molar-refractivity contribution in [3.63, 3.8) is 0 Å². The van der Waals surface area contributed by atoms with Crippen LogP contribution in [0.15, 0.2) is 23.5 Å². The molecule has 7 heteroatoms. The number of hydrogen-bond donors (Lipinski definition) is 1. The Bertz CT molecular complexity index is 594. The molecule has 2 heterocycles. The summed E-state index contributed by atoms with van der Waals surface area (Å²) in [5.41, 5.74) is 0.980. The van der Waals surface area contributed by atoms with E-state index in [0.29, 0.717) is 13.1 Å². The number of carbonyl (C=O) groups excluding carboxylic acids is 1. The third-order valence-corrected chi connectivity index (χ3v) is 4.20. The minimum atomic E-state index is -0.214. The highest BCUT2D eigenvalue weighted by atomic mass is 127. The Labute approximate surface area is 162 Å². The van der Waals surface area contributed by atoms with Crippen molar-refractivity contribution in [1.82, 2.24) is 19.7 Å². The molecular formula is C17H30IN5O. The van der Waals surface area contributed by atoms with Crippen LogP contribution in [0.4, 0.5) is 0 Å². The molecular weight excluding hydrogens is 417 g/mol. The molecule has 0 atom stereocenters. The van der Waals surface area contributed by atoms with Gasteiger partial charge in [-0.15, -0.1) is 24.0 Å². The summed E-state index contributed by atoms with van der Waals surface area (Å²) in [7, 11) is 3.77. The molecule has 1 fully saturated rings. The van der Waals surface area contributed by atoms with Gasteiger partial charge in [0.15, 0.2) is 5.96 Å². The number of hydrogen-bond acceptors (Lipinski definition) is 2. The van der Waals surface area contributed by atoms with E-state index in [-0.39, 0.29) is 41.5 Å². The predicted octanol–water partition coefficient (Wildman–Crippen LogP) is 2.05. The fraction of sp³-hybridized carbons (Fsp3) is 0.647. The van der Waals surface area contributed by atoms with Crippen LogP contribution < -0.4 is 5.32 Å². The molecule has 1 saturated heterocycles. The lowest BCUT2D eigenvalue weighted by Crippen LogP contribution is -2.66. The second-order valence-electron chi connectivity index (χ2n) is 7.11. The molecule has 0 saturated carbocycles. The van der Waals surface area contributed by atoms with Crippen LogP contribution >= 0.6 is 24.0 Å². The van der Waals surface area contributed by atoms with E-state index in [0.717, 1.165) is 12.5 Å². The lowest BCUT2D eigenvalue weighted by atomic mass is 9.96. The first-order valence-electron chi connectivity index (χ1n) is 8.13. The molecule has 1 N–H and O–H groups in total. The summed E-state index contributed by atoms with van der Waals surface area (Å²) in [4.78, 5) is 20.9. The molecule has 1 aliphatic heterocycles. The monoisotopic (exact) mass is 447 g/mol. The lowest BCUT2D eigenvalue weighted by Gasteiger charge is -2.49. The topological polar surface area (TPSA) is 52.9 Å². The van der Waals surface area contributed by atoms with Crippen molar-refractivity contribution in [2.75, 3.05) is 20.1 Å². The highest BCUT2D eigenvalue weighted by molar-refractivity contribution is 14.0. The number of nitrogens with one attached hydrogen (secondary N) is 1. The van der Waals surface area contributed by atoms with Gasteiger partial charge in [-0.2, -0.15) is 0 Å². The summed E-state index contributed by atoms with van der Waals surface area (Å²) in [5, 5.41) is 3.36. The zero-order chi connectivity index (χ0) is 17.2. The Balaban J connectivity index is 0.00000288. The number of halogens is 1. The van der Waals surface area contributed by atoms with Crippen LogP contribution in [0.2, 0.25) is 0 Å². The van der Waals surface area contributed by atoms with Gasteiger partial charge in [0, 0.05) is 45.6 Å². The number of rotatable bonds is 3. The molecule has 0 bridgehead atoms. The number of aliphatic imine (C=N–C) groups is 1. The van der Waals surface area contributed by atoms with Crippen molar-refractivity contribution in [2.45, 2.75) is 45.8 Å². The molecule has 136 valence electrons. The van der Waals surface area contributed by atoms with E-state index in [9.17, 15) is 4.79 Å². The Morgan fingerprint density at radius 2 is 2.08 bits per heavy atom. The number of aromatic nitrogens is 1. The molecule has 0 aliphatic carbocycles. The lowest BCUT2D eigenvalue weighted by molar-refractivity contribution is -0.145. The van der Waals surface area contributed by atoms with Crippen LogP contribution in [-0.4, -0.2) is 58.0 Å². The van der Waals surface area contributed by atoms with Gasteiger partial charge in [-0.1, -0.05) is 0 Å². The van der Waals surface area contributed by atoms with Crippen molar-refractivity contribution in [3.8, 4) is 0 Å². The number of nitrogens with zero attached hydrogens (tertiary/aromatic N) is 4. The van der Waals surface area contributed by atoms with E-state index in [1.165, 1.54) is 5.56 Å². The van der Waals surface area contributed by atoms with E-state index >= 15 is 0 Å². The van der Waals surface area contributed by atoms with E-state index in [1.54, 1.807) is 7.05 Å². The molecule has 0 spiro atoms. The largest absolute Gasteiger partial charge is 0.357 e. The molecule has 24 heavy (non-hydrogen) atoms. The normalized spacial score (nSPS) is 18.0. The summed E-state index contributed by atoms with van der Waals surface area (Å²) >= 11 is 0. The number of carbonyl (C=O) groups is 1. The first-order valence-corrected chi connectivity index (χ1v) is 8.13. The Hall–Kier alpha value is -1.25. The van der Waals surface area contributed by atoms with E-state index in [4.69, 9.17) is 0 Å². The predicted molar refractivity (Wildman–Crippen MR) is 109 cm³/mol. The highest BCUT2D eigenvalue weighted by Gasteiger charge is 2.40. The van der Waals surface area contributed by atoms with E-state index in [1.807, 2.05) is 27.6 Å². The summed E-state index contributed by atoms with van der Waals surface area (Å²) < 4.78 is 2.02. The van der Waals surface area contributed by atoms with E-state index < -0.39 is 0 Å². The van der Waals surface area contributed by atoms with Gasteiger partial charge in [-0.05, 0) is 39.3 Å². The number of aryl methyl sites for hydroxylation is 1. The van der Waals surface area contributed by atoms with Gasteiger partial charge < -0.3 is 19.7 Å². The Morgan fingerprint density at radius 3 is 2.54 bits per heavy atom. The maximum atomic E-state index is 12.6. The summed E-state index contributed by atoms with van der Waals surface area (Å²) in [5.74, 6) is 0.928. The number of piperazine rings is 1. The fourth-order valence-electron chi connectivity index (χ4n) is 3.49. The van der Waals surface area contributed by atoms with Crippen molar-refractivity contribution >= 4 is 35.8 Å². The minimum Gasteiger partial charge on any atom is -0.357 e. The highest BCUT2D eigenvalue weighted by Crippen LogP contribution is 2.24. The van der Waals surface area contributed by atoms with Gasteiger partial charge in [0.05, 0.1) is 12.1 Å². The second-order valence-corrected chi connectivity index (χ2v) is 7.11. The van der Waals surface area contributed by atoms with Crippen molar-refractivity contribution in [3.05, 3.63) is 24.0 Å². The quantitative estimate of drug-likeness (QED) is 0.439. The maximum Gasteiger partial charge on any atom is 0.242 e. The first-order chi connectivity index (χ1) is 10.7. The fourth-order valence-corrected chi connectivity index (χ4v) is 3.49. The van der Waals surface area contributed by atoms with Gasteiger partial charge in [0.25, 0.3) is 0 Å². The third-order valence-electron chi connectivity index (χ3n) is 4.20. The Morgan fingerprint density at radius 1 is 1.42 bits per heavy atom. The molecule has 0 unspecified atom stereocenters. The van der Waals surface area contributed by atoms with Crippen molar-refractivity contribution in [1.29, 1.82) is 0 Å². The standard InChI is InChI=1S/C17H29N5O.HI/c1-13(2)22-15(23)11-21(12-17(22,3)4)16(18-5)19-9-14-7-8-20(6)10-14;/h7-8,10,13H,9,11-12H2,1-6H3,(H,18,19);1H. The molecule has 6 nitrogen and oxygen atoms in total. The molecule has 1 aliphatic rings. The molecule has 1 aromatic heterocycles. The van der Waals surface area contributed by atoms with Crippen LogP contribution in [0.25, 0.3) is 0 Å². The van der Waals surface area contributed by atoms with Crippen LogP contribution in [0, 0.1) is 0 Å². The van der Waals surface area contributed by atoms with Gasteiger partial charge in [0.2, 0.25) is 5.91 Å². The van der Waals surface area contributed by atoms with Crippen LogP contribution in [0.3, 0.4) is 0 Å². The zero-order valence-electron chi connectivity index (χ0n) is 15.5. The maximum absolute atomic E-state index is 12.6. The number of amides is 1.